The van der Waals surface area contributed by atoms with Gasteiger partial charge in [-0.2, -0.15) is 13.2 Å². The molecule has 2 aliphatic heterocycles. The van der Waals surface area contributed by atoms with Gasteiger partial charge in [-0.15, -0.1) is 0 Å². The summed E-state index contributed by atoms with van der Waals surface area (Å²) in [4.78, 5) is 43.2. The average Bonchev–Trinajstić information content (AvgIpc) is 3.45. The zero-order chi connectivity index (χ0) is 26.3. The van der Waals surface area contributed by atoms with Crippen LogP contribution in [0.25, 0.3) is 0 Å². The summed E-state index contributed by atoms with van der Waals surface area (Å²) in [6.45, 7) is 1.87. The Morgan fingerprint density at radius 1 is 1.08 bits per heavy atom. The van der Waals surface area contributed by atoms with E-state index in [0.717, 1.165) is 23.3 Å². The first-order valence-electron chi connectivity index (χ1n) is 12.2. The van der Waals surface area contributed by atoms with E-state index < -0.39 is 24.9 Å². The van der Waals surface area contributed by atoms with Gasteiger partial charge in [0.05, 0.1) is 6.04 Å². The lowest BCUT2D eigenvalue weighted by molar-refractivity contribution is -0.162. The lowest BCUT2D eigenvalue weighted by Gasteiger charge is -2.34. The SMILES string of the molecule is CN(C(=O)OCC(F)(F)F)C1CN(C(=O)C2CCN(C(=O)C3(C)CC3)CC2)CC1c1ccc(Cl)cc1. The molecule has 0 aromatic heterocycles. The van der Waals surface area contributed by atoms with Crippen molar-refractivity contribution in [2.75, 3.05) is 39.8 Å². The maximum absolute atomic E-state index is 13.4. The van der Waals surface area contributed by atoms with Gasteiger partial charge in [0.25, 0.3) is 0 Å². The van der Waals surface area contributed by atoms with Crippen molar-refractivity contribution in [1.29, 1.82) is 0 Å². The van der Waals surface area contributed by atoms with Gasteiger partial charge in [-0.1, -0.05) is 30.7 Å². The minimum Gasteiger partial charge on any atom is -0.440 e. The van der Waals surface area contributed by atoms with Gasteiger partial charge in [0.1, 0.15) is 0 Å². The fourth-order valence-corrected chi connectivity index (χ4v) is 5.27. The van der Waals surface area contributed by atoms with Crippen LogP contribution in [0.2, 0.25) is 5.02 Å². The Hall–Kier alpha value is -2.49. The fraction of sp³-hybridized carbons (Fsp3) is 0.640. The largest absolute Gasteiger partial charge is 0.440 e. The molecule has 7 nitrogen and oxygen atoms in total. The zero-order valence-corrected chi connectivity index (χ0v) is 21.1. The molecule has 2 unspecified atom stereocenters. The molecule has 1 aromatic carbocycles. The molecule has 0 bridgehead atoms. The molecule has 198 valence electrons. The number of rotatable bonds is 5. The van der Waals surface area contributed by atoms with Gasteiger partial charge in [-0.3, -0.25) is 9.59 Å². The summed E-state index contributed by atoms with van der Waals surface area (Å²) in [6, 6.07) is 6.44. The Kier molecular flexibility index (Phi) is 7.46. The summed E-state index contributed by atoms with van der Waals surface area (Å²) in [6.07, 6.45) is -2.77. The molecule has 36 heavy (non-hydrogen) atoms. The van der Waals surface area contributed by atoms with Gasteiger partial charge in [0.2, 0.25) is 11.8 Å². The first kappa shape index (κ1) is 26.6. The number of likely N-dealkylation sites (N-methyl/N-ethyl adjacent to an activating group) is 1. The van der Waals surface area contributed by atoms with Crippen molar-refractivity contribution in [2.24, 2.45) is 11.3 Å². The van der Waals surface area contributed by atoms with E-state index >= 15 is 0 Å². The van der Waals surface area contributed by atoms with Gasteiger partial charge in [-0.05, 0) is 43.4 Å². The maximum atomic E-state index is 13.4. The normalized spacial score (nSPS) is 23.9. The van der Waals surface area contributed by atoms with Gasteiger partial charge < -0.3 is 19.4 Å². The number of hydrogen-bond acceptors (Lipinski definition) is 4. The van der Waals surface area contributed by atoms with Crippen molar-refractivity contribution in [3.8, 4) is 0 Å². The highest BCUT2D eigenvalue weighted by atomic mass is 35.5. The van der Waals surface area contributed by atoms with Crippen LogP contribution >= 0.6 is 11.6 Å². The number of carbonyl (C=O) groups is 3. The van der Waals surface area contributed by atoms with Crippen molar-refractivity contribution >= 4 is 29.5 Å². The van der Waals surface area contributed by atoms with E-state index in [1.807, 2.05) is 11.8 Å². The average molecular weight is 530 g/mol. The Morgan fingerprint density at radius 2 is 1.69 bits per heavy atom. The molecule has 2 atom stereocenters. The molecule has 2 heterocycles. The van der Waals surface area contributed by atoms with E-state index in [0.29, 0.717) is 37.5 Å². The summed E-state index contributed by atoms with van der Waals surface area (Å²) in [5.41, 5.74) is 0.587. The molecule has 11 heteroatoms. The standard InChI is InChI=1S/C25H31ClF3N3O4/c1-24(9-10-24)22(34)31-11-7-17(8-12-31)21(33)32-13-19(16-3-5-18(26)6-4-16)20(14-32)30(2)23(35)36-15-25(27,28)29/h3-6,17,19-20H,7-15H2,1-2H3. The van der Waals surface area contributed by atoms with Gasteiger partial charge in [0.15, 0.2) is 6.61 Å². The summed E-state index contributed by atoms with van der Waals surface area (Å²) in [5.74, 6) is -0.450. The van der Waals surface area contributed by atoms with Crippen LogP contribution in [0.1, 0.15) is 44.1 Å². The predicted octanol–water partition coefficient (Wildman–Crippen LogP) is 4.30. The van der Waals surface area contributed by atoms with Crippen LogP contribution in [0.3, 0.4) is 0 Å². The molecule has 3 fully saturated rings. The minimum absolute atomic E-state index is 0.0572. The second-order valence-electron chi connectivity index (χ2n) is 10.4. The smallest absolute Gasteiger partial charge is 0.422 e. The molecule has 1 aliphatic carbocycles. The van der Waals surface area contributed by atoms with E-state index in [4.69, 9.17) is 11.6 Å². The monoisotopic (exact) mass is 529 g/mol. The topological polar surface area (TPSA) is 70.2 Å². The second kappa shape index (κ2) is 10.1. The van der Waals surface area contributed by atoms with Crippen molar-refractivity contribution in [3.05, 3.63) is 34.9 Å². The first-order valence-corrected chi connectivity index (χ1v) is 12.6. The number of ether oxygens (including phenoxy) is 1. The highest BCUT2D eigenvalue weighted by Gasteiger charge is 2.48. The fourth-order valence-electron chi connectivity index (χ4n) is 5.15. The number of carbonyl (C=O) groups excluding carboxylic acids is 3. The van der Waals surface area contributed by atoms with Crippen molar-refractivity contribution in [2.45, 2.75) is 50.7 Å². The molecular weight excluding hydrogens is 499 g/mol. The van der Waals surface area contributed by atoms with Gasteiger partial charge in [0, 0.05) is 55.5 Å². The van der Waals surface area contributed by atoms with E-state index in [1.54, 1.807) is 29.2 Å². The van der Waals surface area contributed by atoms with Crippen LogP contribution in [0, 0.1) is 11.3 Å². The Labute approximate surface area is 213 Å². The van der Waals surface area contributed by atoms with Crippen LogP contribution in [0.5, 0.6) is 0 Å². The van der Waals surface area contributed by atoms with Crippen LogP contribution in [-0.4, -0.2) is 84.7 Å². The summed E-state index contributed by atoms with van der Waals surface area (Å²) in [5, 5.41) is 0.528. The number of piperidine rings is 1. The highest BCUT2D eigenvalue weighted by molar-refractivity contribution is 6.30. The highest BCUT2D eigenvalue weighted by Crippen LogP contribution is 2.47. The molecule has 2 saturated heterocycles. The van der Waals surface area contributed by atoms with E-state index in [1.165, 1.54) is 7.05 Å². The predicted molar refractivity (Wildman–Crippen MR) is 126 cm³/mol. The van der Waals surface area contributed by atoms with Crippen LogP contribution in [0.4, 0.5) is 18.0 Å². The third kappa shape index (κ3) is 5.90. The number of amides is 3. The number of alkyl halides is 3. The minimum atomic E-state index is -4.63. The molecule has 1 aromatic rings. The molecule has 0 radical (unpaired) electrons. The van der Waals surface area contributed by atoms with Crippen LogP contribution < -0.4 is 0 Å². The molecule has 4 rings (SSSR count). The molecule has 0 spiro atoms. The second-order valence-corrected chi connectivity index (χ2v) is 10.8. The third-order valence-electron chi connectivity index (χ3n) is 7.69. The quantitative estimate of drug-likeness (QED) is 0.570. The summed E-state index contributed by atoms with van der Waals surface area (Å²) >= 11 is 6.01. The summed E-state index contributed by atoms with van der Waals surface area (Å²) in [7, 11) is 1.39. The number of likely N-dealkylation sites (tertiary alicyclic amines) is 2. The lowest BCUT2D eigenvalue weighted by atomic mass is 9.93. The van der Waals surface area contributed by atoms with E-state index in [2.05, 4.69) is 4.74 Å². The van der Waals surface area contributed by atoms with Crippen molar-refractivity contribution in [3.63, 3.8) is 0 Å². The third-order valence-corrected chi connectivity index (χ3v) is 7.94. The van der Waals surface area contributed by atoms with Crippen molar-refractivity contribution in [1.82, 2.24) is 14.7 Å². The zero-order valence-electron chi connectivity index (χ0n) is 20.4. The number of nitrogens with zero attached hydrogens (tertiary/aromatic N) is 3. The lowest BCUT2D eigenvalue weighted by Crippen LogP contribution is -2.46. The van der Waals surface area contributed by atoms with Crippen molar-refractivity contribution < 1.29 is 32.3 Å². The van der Waals surface area contributed by atoms with Gasteiger partial charge >= 0.3 is 12.3 Å². The van der Waals surface area contributed by atoms with Crippen LogP contribution in [0.15, 0.2) is 24.3 Å². The number of hydrogen-bond donors (Lipinski definition) is 0. The molecular formula is C25H31ClF3N3O4. The van der Waals surface area contributed by atoms with Gasteiger partial charge in [-0.25, -0.2) is 4.79 Å². The maximum Gasteiger partial charge on any atom is 0.422 e. The Morgan fingerprint density at radius 3 is 2.25 bits per heavy atom. The Bertz CT molecular complexity index is 991. The summed E-state index contributed by atoms with van der Waals surface area (Å²) < 4.78 is 42.2. The Balaban J connectivity index is 1.43. The van der Waals surface area contributed by atoms with Crippen LogP contribution in [-0.2, 0) is 14.3 Å². The van der Waals surface area contributed by atoms with E-state index in [9.17, 15) is 27.6 Å². The molecule has 0 N–H and O–H groups in total. The molecule has 1 saturated carbocycles. The first-order chi connectivity index (χ1) is 16.9. The number of halogens is 4. The molecule has 3 amide bonds. The number of benzene rings is 1. The van der Waals surface area contributed by atoms with E-state index in [-0.39, 0.29) is 35.6 Å². The molecule has 3 aliphatic rings.